The molecule has 11 heteroatoms. The third-order valence-corrected chi connectivity index (χ3v) is 7.38. The summed E-state index contributed by atoms with van der Waals surface area (Å²) in [7, 11) is -0.757. The van der Waals surface area contributed by atoms with Gasteiger partial charge in [0.1, 0.15) is 11.4 Å². The molecule has 0 atom stereocenters. The highest BCUT2D eigenvalue weighted by Crippen LogP contribution is 2.35. The first kappa shape index (κ1) is 28.3. The van der Waals surface area contributed by atoms with Gasteiger partial charge in [-0.15, -0.1) is 0 Å². The van der Waals surface area contributed by atoms with Gasteiger partial charge in [-0.2, -0.15) is 0 Å². The van der Waals surface area contributed by atoms with Crippen molar-refractivity contribution in [1.29, 1.82) is 0 Å². The van der Waals surface area contributed by atoms with Crippen molar-refractivity contribution < 1.29 is 27.4 Å². The summed E-state index contributed by atoms with van der Waals surface area (Å²) in [6, 6.07) is 9.89. The maximum atomic E-state index is 15.0. The number of amides is 1. The molecule has 0 saturated carbocycles. The van der Waals surface area contributed by atoms with Gasteiger partial charge in [0.25, 0.3) is 0 Å². The smallest absolute Gasteiger partial charge is 0.407 e. The number of aliphatic hydroxyl groups excluding tert-OH is 1. The van der Waals surface area contributed by atoms with E-state index in [2.05, 4.69) is 10.3 Å². The number of nitrogens with zero attached hydrogens (tertiary/aromatic N) is 3. The van der Waals surface area contributed by atoms with Gasteiger partial charge in [0.05, 0.1) is 34.8 Å². The molecule has 0 aliphatic rings. The molecule has 0 fully saturated rings. The van der Waals surface area contributed by atoms with E-state index in [0.29, 0.717) is 33.5 Å². The van der Waals surface area contributed by atoms with E-state index in [-0.39, 0.29) is 24.6 Å². The molecule has 1 amide bonds. The monoisotopic (exact) mass is 532 g/mol. The predicted octanol–water partition coefficient (Wildman–Crippen LogP) is 4.13. The number of rotatable bonds is 8. The lowest BCUT2D eigenvalue weighted by atomic mass is 10.1. The number of sulfonamides is 1. The largest absolute Gasteiger partial charge is 0.444 e. The van der Waals surface area contributed by atoms with Crippen molar-refractivity contribution in [1.82, 2.24) is 19.2 Å². The molecule has 1 aromatic carbocycles. The highest BCUT2D eigenvalue weighted by atomic mass is 32.2. The van der Waals surface area contributed by atoms with E-state index in [4.69, 9.17) is 4.74 Å². The van der Waals surface area contributed by atoms with Crippen LogP contribution in [-0.2, 0) is 27.9 Å². The number of carbonyl (C=O) groups excluding carboxylic acids is 1. The molecular weight excluding hydrogens is 499 g/mol. The number of carbonyl (C=O) groups is 1. The van der Waals surface area contributed by atoms with Gasteiger partial charge >= 0.3 is 6.09 Å². The number of nitrogens with one attached hydrogen (secondary N) is 1. The zero-order chi connectivity index (χ0) is 27.5. The number of alkyl carbamates (subject to hydrolysis) is 1. The van der Waals surface area contributed by atoms with Gasteiger partial charge in [-0.1, -0.05) is 12.1 Å². The number of hydrogen-bond donors (Lipinski definition) is 2. The highest BCUT2D eigenvalue weighted by Gasteiger charge is 2.22. The first-order chi connectivity index (χ1) is 17.2. The third-order valence-electron chi connectivity index (χ3n) is 5.57. The summed E-state index contributed by atoms with van der Waals surface area (Å²) >= 11 is 0. The lowest BCUT2D eigenvalue weighted by Gasteiger charge is -2.19. The van der Waals surface area contributed by atoms with Crippen molar-refractivity contribution in [3.05, 3.63) is 59.7 Å². The van der Waals surface area contributed by atoms with Crippen LogP contribution in [0.15, 0.2) is 53.2 Å². The molecule has 0 spiro atoms. The van der Waals surface area contributed by atoms with E-state index in [1.165, 1.54) is 26.2 Å². The minimum Gasteiger partial charge on any atom is -0.444 e. The Kier molecular flexibility index (Phi) is 8.41. The van der Waals surface area contributed by atoms with Crippen molar-refractivity contribution in [3.63, 3.8) is 0 Å². The van der Waals surface area contributed by atoms with Gasteiger partial charge in [0.15, 0.2) is 0 Å². The maximum absolute atomic E-state index is 15.0. The van der Waals surface area contributed by atoms with Crippen molar-refractivity contribution in [3.8, 4) is 11.1 Å². The standard InChI is InChI=1S/C26H33FN4O5S/c1-17-23(18-8-7-9-21(14-18)37(34,35)30(5)6)24-22(11-10-20(16-32)29-24)31(17)15-19(27)12-13-28-25(33)36-26(2,3)4/h7-12,14,32H,13,15-16H2,1-6H3,(H,28,33)/b19-12-. The number of halogens is 1. The highest BCUT2D eigenvalue weighted by molar-refractivity contribution is 7.89. The number of pyridine rings is 1. The molecule has 2 aromatic heterocycles. The summed E-state index contributed by atoms with van der Waals surface area (Å²) in [6.07, 6.45) is 0.615. The van der Waals surface area contributed by atoms with E-state index in [9.17, 15) is 22.7 Å². The molecule has 0 radical (unpaired) electrons. The van der Waals surface area contributed by atoms with Crippen molar-refractivity contribution in [2.24, 2.45) is 0 Å². The second kappa shape index (κ2) is 11.0. The van der Waals surface area contributed by atoms with Gasteiger partial charge in [-0.3, -0.25) is 0 Å². The van der Waals surface area contributed by atoms with Gasteiger partial charge in [-0.05, 0) is 63.6 Å². The average molecular weight is 533 g/mol. The second-order valence-electron chi connectivity index (χ2n) is 9.72. The Hall–Kier alpha value is -3.28. The summed E-state index contributed by atoms with van der Waals surface area (Å²) in [5, 5.41) is 12.1. The number of aliphatic hydroxyl groups is 1. The number of hydrogen-bond acceptors (Lipinski definition) is 6. The molecule has 3 aromatic rings. The van der Waals surface area contributed by atoms with Gasteiger partial charge < -0.3 is 19.7 Å². The molecule has 9 nitrogen and oxygen atoms in total. The fourth-order valence-corrected chi connectivity index (χ4v) is 4.76. The molecule has 37 heavy (non-hydrogen) atoms. The quantitative estimate of drug-likeness (QED) is 0.451. The van der Waals surface area contributed by atoms with Crippen LogP contribution in [0.2, 0.25) is 0 Å². The molecule has 0 saturated heterocycles. The summed E-state index contributed by atoms with van der Waals surface area (Å²) in [4.78, 5) is 16.5. The molecule has 200 valence electrons. The van der Waals surface area contributed by atoms with Crippen LogP contribution in [0, 0.1) is 6.92 Å². The van der Waals surface area contributed by atoms with Crippen molar-refractivity contribution in [2.75, 3.05) is 20.6 Å². The van der Waals surface area contributed by atoms with Crippen LogP contribution in [-0.4, -0.2) is 59.7 Å². The number of ether oxygens (including phenoxy) is 1. The van der Waals surface area contributed by atoms with Crippen molar-refractivity contribution in [2.45, 2.75) is 51.3 Å². The Balaban J connectivity index is 2.01. The van der Waals surface area contributed by atoms with Crippen LogP contribution >= 0.6 is 0 Å². The fourth-order valence-electron chi connectivity index (χ4n) is 3.82. The zero-order valence-corrected chi connectivity index (χ0v) is 22.7. The molecule has 0 unspecified atom stereocenters. The minimum atomic E-state index is -3.68. The Morgan fingerprint density at radius 3 is 2.57 bits per heavy atom. The van der Waals surface area contributed by atoms with E-state index in [0.717, 1.165) is 4.31 Å². The van der Waals surface area contributed by atoms with Crippen LogP contribution in [0.5, 0.6) is 0 Å². The molecule has 0 bridgehead atoms. The van der Waals surface area contributed by atoms with Crippen LogP contribution in [0.25, 0.3) is 22.2 Å². The molecule has 0 aliphatic heterocycles. The summed E-state index contributed by atoms with van der Waals surface area (Å²) < 4.78 is 48.4. The zero-order valence-electron chi connectivity index (χ0n) is 21.9. The van der Waals surface area contributed by atoms with Gasteiger partial charge in [-0.25, -0.2) is 26.9 Å². The number of fused-ring (bicyclic) bond motifs is 1. The van der Waals surface area contributed by atoms with E-state index in [1.54, 1.807) is 62.6 Å². The molecular formula is C26H33FN4O5S. The van der Waals surface area contributed by atoms with Crippen molar-refractivity contribution >= 4 is 27.1 Å². The minimum absolute atomic E-state index is 0.0524. The molecule has 2 heterocycles. The Labute approximate surface area is 216 Å². The summed E-state index contributed by atoms with van der Waals surface area (Å²) in [5.74, 6) is -0.488. The summed E-state index contributed by atoms with van der Waals surface area (Å²) in [5.41, 5.74) is 2.81. The maximum Gasteiger partial charge on any atom is 0.407 e. The Morgan fingerprint density at radius 2 is 1.95 bits per heavy atom. The van der Waals surface area contributed by atoms with E-state index in [1.807, 2.05) is 0 Å². The SMILES string of the molecule is Cc1c(-c2cccc(S(=O)(=O)N(C)C)c2)c2nc(CO)ccc2n1C/C(F)=C/CNC(=O)OC(C)(C)C. The lowest BCUT2D eigenvalue weighted by molar-refractivity contribution is 0.0534. The van der Waals surface area contributed by atoms with E-state index < -0.39 is 27.5 Å². The van der Waals surface area contributed by atoms with Crippen LogP contribution in [0.3, 0.4) is 0 Å². The third kappa shape index (κ3) is 6.54. The number of benzene rings is 1. The van der Waals surface area contributed by atoms with E-state index >= 15 is 0 Å². The lowest BCUT2D eigenvalue weighted by Crippen LogP contribution is -2.32. The normalized spacial score (nSPS) is 12.8. The molecule has 2 N–H and O–H groups in total. The topological polar surface area (TPSA) is 114 Å². The average Bonchev–Trinajstić information content (AvgIpc) is 3.08. The first-order valence-electron chi connectivity index (χ1n) is 11.7. The van der Waals surface area contributed by atoms with Crippen LogP contribution < -0.4 is 5.32 Å². The predicted molar refractivity (Wildman–Crippen MR) is 140 cm³/mol. The molecule has 0 aliphatic carbocycles. The Bertz CT molecular complexity index is 1440. The fraction of sp³-hybridized carbons (Fsp3) is 0.385. The second-order valence-corrected chi connectivity index (χ2v) is 11.9. The van der Waals surface area contributed by atoms with Gasteiger partial charge in [0, 0.05) is 31.9 Å². The number of aromatic nitrogens is 2. The number of allylic oxidation sites excluding steroid dienone is 1. The molecule has 3 rings (SSSR count). The van der Waals surface area contributed by atoms with Crippen LogP contribution in [0.1, 0.15) is 32.2 Å². The van der Waals surface area contributed by atoms with Gasteiger partial charge in [0.2, 0.25) is 10.0 Å². The Morgan fingerprint density at radius 1 is 1.24 bits per heavy atom. The first-order valence-corrected chi connectivity index (χ1v) is 13.1. The van der Waals surface area contributed by atoms with Crippen LogP contribution in [0.4, 0.5) is 9.18 Å². The summed E-state index contributed by atoms with van der Waals surface area (Å²) in [6.45, 7) is 6.55.